The van der Waals surface area contributed by atoms with Crippen molar-refractivity contribution >= 4 is 23.2 Å². The van der Waals surface area contributed by atoms with Gasteiger partial charge < -0.3 is 15.4 Å². The maximum Gasteiger partial charge on any atom is 0.416 e. The van der Waals surface area contributed by atoms with Gasteiger partial charge in [0.2, 0.25) is 0 Å². The van der Waals surface area contributed by atoms with Crippen LogP contribution in [0.4, 0.5) is 18.9 Å². The van der Waals surface area contributed by atoms with E-state index in [0.29, 0.717) is 13.2 Å². The summed E-state index contributed by atoms with van der Waals surface area (Å²) in [5.41, 5.74) is -0.228. The number of nitrogens with two attached hydrogens (primary N) is 1. The van der Waals surface area contributed by atoms with Crippen LogP contribution in [0.2, 0.25) is 5.02 Å². The number of rotatable bonds is 7. The van der Waals surface area contributed by atoms with Crippen molar-refractivity contribution < 1.29 is 28.0 Å². The van der Waals surface area contributed by atoms with Gasteiger partial charge in [-0.05, 0) is 18.2 Å². The summed E-state index contributed by atoms with van der Waals surface area (Å²) < 4.78 is 43.7. The fourth-order valence-electron chi connectivity index (χ4n) is 2.42. The Morgan fingerprint density at radius 2 is 1.92 bits per heavy atom. The second kappa shape index (κ2) is 9.02. The van der Waals surface area contributed by atoms with Gasteiger partial charge in [-0.15, -0.1) is 0 Å². The molecule has 0 aromatic heterocycles. The van der Waals surface area contributed by atoms with E-state index in [2.05, 4.69) is 5.32 Å². The van der Waals surface area contributed by atoms with Gasteiger partial charge in [0, 0.05) is 12.7 Å². The van der Waals surface area contributed by atoms with Crippen LogP contribution >= 0.6 is 11.6 Å². The molecule has 3 N–H and O–H groups in total. The zero-order valence-electron chi connectivity index (χ0n) is 14.0. The Bertz CT molecular complexity index is 739. The van der Waals surface area contributed by atoms with Gasteiger partial charge in [-0.1, -0.05) is 41.9 Å². The lowest BCUT2D eigenvalue weighted by atomic mass is 10.1. The highest BCUT2D eigenvalue weighted by molar-refractivity contribution is 6.33. The quantitative estimate of drug-likeness (QED) is 0.716. The predicted molar refractivity (Wildman–Crippen MR) is 92.9 cm³/mol. The van der Waals surface area contributed by atoms with Crippen LogP contribution in [0, 0.1) is 0 Å². The van der Waals surface area contributed by atoms with E-state index < -0.39 is 23.7 Å². The molecule has 0 aliphatic heterocycles. The summed E-state index contributed by atoms with van der Waals surface area (Å²) in [7, 11) is 1.55. The molecule has 0 spiro atoms. The lowest BCUT2D eigenvalue weighted by molar-refractivity contribution is -0.683. The van der Waals surface area contributed by atoms with Crippen molar-refractivity contribution in [2.75, 3.05) is 25.6 Å². The topological polar surface area (TPSA) is 54.9 Å². The lowest BCUT2D eigenvalue weighted by Gasteiger charge is -2.17. The van der Waals surface area contributed by atoms with E-state index in [1.807, 2.05) is 6.07 Å². The molecule has 0 saturated heterocycles. The highest BCUT2D eigenvalue weighted by Gasteiger charge is 2.32. The molecule has 0 bridgehead atoms. The molecule has 1 atom stereocenters. The molecule has 0 fully saturated rings. The number of carbonyl (C=O) groups is 1. The van der Waals surface area contributed by atoms with Crippen LogP contribution in [0.1, 0.15) is 17.2 Å². The molecular weight excluding hydrogens is 369 g/mol. The Morgan fingerprint density at radius 1 is 1.23 bits per heavy atom. The smallest absolute Gasteiger partial charge is 0.379 e. The number of anilines is 1. The van der Waals surface area contributed by atoms with Crippen molar-refractivity contribution in [2.24, 2.45) is 0 Å². The summed E-state index contributed by atoms with van der Waals surface area (Å²) in [6, 6.07) is 11.1. The number of quaternary nitrogens is 1. The van der Waals surface area contributed by atoms with E-state index in [1.54, 1.807) is 36.7 Å². The fraction of sp³-hybridized carbons (Fsp3) is 0.278. The highest BCUT2D eigenvalue weighted by Crippen LogP contribution is 2.34. The number of halogens is 4. The second-order valence-electron chi connectivity index (χ2n) is 5.59. The number of carbonyl (C=O) groups excluding carboxylic acids is 1. The fourth-order valence-corrected chi connectivity index (χ4v) is 2.58. The molecule has 0 aliphatic carbocycles. The Kier molecular flexibility index (Phi) is 7.02. The summed E-state index contributed by atoms with van der Waals surface area (Å²) in [4.78, 5) is 12.7. The minimum absolute atomic E-state index is 0.0371. The molecule has 0 heterocycles. The first-order chi connectivity index (χ1) is 12.3. The van der Waals surface area contributed by atoms with Crippen LogP contribution in [-0.2, 0) is 15.7 Å². The second-order valence-corrected chi connectivity index (χ2v) is 5.99. The highest BCUT2D eigenvalue weighted by atomic mass is 35.5. The maximum atomic E-state index is 12.9. The van der Waals surface area contributed by atoms with Crippen molar-refractivity contribution in [3.63, 3.8) is 0 Å². The molecule has 26 heavy (non-hydrogen) atoms. The molecule has 140 valence electrons. The molecule has 8 heteroatoms. The third-order valence-corrected chi connectivity index (χ3v) is 4.05. The Balaban J connectivity index is 2.24. The molecular formula is C18H19ClF3N2O2+. The maximum absolute atomic E-state index is 12.9. The average Bonchev–Trinajstić information content (AvgIpc) is 2.60. The van der Waals surface area contributed by atoms with E-state index in [0.717, 1.165) is 23.8 Å². The van der Waals surface area contributed by atoms with E-state index in [9.17, 15) is 18.0 Å². The largest absolute Gasteiger partial charge is 0.416 e. The van der Waals surface area contributed by atoms with Crippen molar-refractivity contribution in [2.45, 2.75) is 12.2 Å². The summed E-state index contributed by atoms with van der Waals surface area (Å²) in [6.45, 7) is 0.945. The van der Waals surface area contributed by atoms with Crippen LogP contribution in [-0.4, -0.2) is 26.2 Å². The Hall–Kier alpha value is -2.09. The predicted octanol–water partition coefficient (Wildman–Crippen LogP) is 3.25. The standard InChI is InChI=1S/C18H18ClF3N2O2/c1-26-10-9-23-16(12-5-3-2-4-6-12)17(25)24-15-11-13(18(20,21)22)7-8-14(15)19/h2-8,11,16,23H,9-10H2,1H3,(H,24,25)/p+1/t16-/m0/s1. The molecule has 0 unspecified atom stereocenters. The van der Waals surface area contributed by atoms with Gasteiger partial charge in [-0.2, -0.15) is 13.2 Å². The van der Waals surface area contributed by atoms with Crippen LogP contribution in [0.15, 0.2) is 48.5 Å². The van der Waals surface area contributed by atoms with Gasteiger partial charge in [0.05, 0.1) is 22.9 Å². The average molecular weight is 388 g/mol. The number of nitrogens with one attached hydrogen (secondary N) is 1. The monoisotopic (exact) mass is 387 g/mol. The van der Waals surface area contributed by atoms with Gasteiger partial charge in [0.1, 0.15) is 6.54 Å². The normalized spacial score (nSPS) is 12.7. The number of ether oxygens (including phenoxy) is 1. The molecule has 0 saturated carbocycles. The van der Waals surface area contributed by atoms with Crippen LogP contribution in [0.5, 0.6) is 0 Å². The van der Waals surface area contributed by atoms with Gasteiger partial charge in [0.15, 0.2) is 6.04 Å². The van der Waals surface area contributed by atoms with Crippen molar-refractivity contribution in [3.8, 4) is 0 Å². The summed E-state index contributed by atoms with van der Waals surface area (Å²) in [5, 5.41) is 4.30. The number of amides is 1. The van der Waals surface area contributed by atoms with Crippen molar-refractivity contribution in [3.05, 3.63) is 64.7 Å². The third-order valence-electron chi connectivity index (χ3n) is 3.72. The van der Waals surface area contributed by atoms with Crippen LogP contribution in [0.3, 0.4) is 0 Å². The molecule has 2 rings (SSSR count). The van der Waals surface area contributed by atoms with Crippen LogP contribution in [0.25, 0.3) is 0 Å². The first-order valence-corrected chi connectivity index (χ1v) is 8.25. The summed E-state index contributed by atoms with van der Waals surface area (Å²) in [6.07, 6.45) is -4.52. The number of alkyl halides is 3. The zero-order chi connectivity index (χ0) is 19.2. The third kappa shape index (κ3) is 5.45. The number of methoxy groups -OCH3 is 1. The SMILES string of the molecule is COCC[NH2+][C@H](C(=O)Nc1cc(C(F)(F)F)ccc1Cl)c1ccccc1. The summed E-state index contributed by atoms with van der Waals surface area (Å²) in [5.74, 6) is -0.464. The van der Waals surface area contributed by atoms with E-state index in [-0.39, 0.29) is 10.7 Å². The first kappa shape index (κ1) is 20.2. The molecule has 0 aliphatic rings. The Labute approximate surface area is 154 Å². The van der Waals surface area contributed by atoms with Gasteiger partial charge in [-0.3, -0.25) is 4.79 Å². The molecule has 4 nitrogen and oxygen atoms in total. The van der Waals surface area contributed by atoms with Gasteiger partial charge >= 0.3 is 6.18 Å². The van der Waals surface area contributed by atoms with Crippen molar-refractivity contribution in [1.29, 1.82) is 0 Å². The van der Waals surface area contributed by atoms with E-state index in [1.165, 1.54) is 0 Å². The number of hydrogen-bond acceptors (Lipinski definition) is 2. The number of hydrogen-bond donors (Lipinski definition) is 2. The Morgan fingerprint density at radius 3 is 2.54 bits per heavy atom. The van der Waals surface area contributed by atoms with Crippen molar-refractivity contribution in [1.82, 2.24) is 0 Å². The molecule has 0 radical (unpaired) electrons. The van der Waals surface area contributed by atoms with Gasteiger partial charge in [-0.25, -0.2) is 0 Å². The number of benzene rings is 2. The molecule has 2 aromatic carbocycles. The molecule has 1 amide bonds. The molecule has 2 aromatic rings. The minimum Gasteiger partial charge on any atom is -0.379 e. The van der Waals surface area contributed by atoms with E-state index >= 15 is 0 Å². The first-order valence-electron chi connectivity index (χ1n) is 7.87. The zero-order valence-corrected chi connectivity index (χ0v) is 14.8. The lowest BCUT2D eigenvalue weighted by Crippen LogP contribution is -2.88. The van der Waals surface area contributed by atoms with E-state index in [4.69, 9.17) is 16.3 Å². The summed E-state index contributed by atoms with van der Waals surface area (Å²) >= 11 is 5.96. The minimum atomic E-state index is -4.52. The van der Waals surface area contributed by atoms with Crippen LogP contribution < -0.4 is 10.6 Å². The van der Waals surface area contributed by atoms with Gasteiger partial charge in [0.25, 0.3) is 5.91 Å².